The molecule has 0 radical (unpaired) electrons. The van der Waals surface area contributed by atoms with Crippen LogP contribution in [0.5, 0.6) is 0 Å². The van der Waals surface area contributed by atoms with Gasteiger partial charge in [-0.3, -0.25) is 9.69 Å². The SMILES string of the molecule is O=C(NCCc1ccc(CN2CCCC2)cc1)c1ccc(-c2ccc(Cl)c(F)c2)cc1. The monoisotopic (exact) mass is 436 g/mol. The van der Waals surface area contributed by atoms with Crippen LogP contribution in [0.2, 0.25) is 5.02 Å². The van der Waals surface area contributed by atoms with Crippen molar-refractivity contribution in [3.05, 3.63) is 94.3 Å². The molecule has 0 aromatic heterocycles. The van der Waals surface area contributed by atoms with Gasteiger partial charge < -0.3 is 5.32 Å². The fraction of sp³-hybridized carbons (Fsp3) is 0.269. The molecule has 0 aliphatic carbocycles. The lowest BCUT2D eigenvalue weighted by atomic mass is 10.0. The van der Waals surface area contributed by atoms with Gasteiger partial charge in [0.15, 0.2) is 0 Å². The van der Waals surface area contributed by atoms with Crippen LogP contribution in [0.1, 0.15) is 34.3 Å². The third kappa shape index (κ3) is 5.72. The zero-order chi connectivity index (χ0) is 21.6. The Labute approximate surface area is 187 Å². The van der Waals surface area contributed by atoms with Gasteiger partial charge in [-0.1, -0.05) is 54.1 Å². The first-order chi connectivity index (χ1) is 15.1. The number of likely N-dealkylation sites (tertiary alicyclic amines) is 1. The van der Waals surface area contributed by atoms with Gasteiger partial charge in [-0.25, -0.2) is 4.39 Å². The Kier molecular flexibility index (Phi) is 7.00. The lowest BCUT2D eigenvalue weighted by Gasteiger charge is -2.14. The van der Waals surface area contributed by atoms with Crippen LogP contribution in [0.15, 0.2) is 66.7 Å². The van der Waals surface area contributed by atoms with Gasteiger partial charge in [0.1, 0.15) is 5.82 Å². The number of carbonyl (C=O) groups excluding carboxylic acids is 1. The summed E-state index contributed by atoms with van der Waals surface area (Å²) in [7, 11) is 0. The standard InChI is InChI=1S/C26H26ClFN2O/c27-24-12-11-23(17-25(24)28)21-7-9-22(10-8-21)26(31)29-14-13-19-3-5-20(6-4-19)18-30-15-1-2-16-30/h3-12,17H,1-2,13-16,18H2,(H,29,31). The molecule has 1 saturated heterocycles. The number of benzene rings is 3. The van der Waals surface area contributed by atoms with E-state index in [0.717, 1.165) is 24.1 Å². The molecule has 1 aliphatic rings. The van der Waals surface area contributed by atoms with Crippen molar-refractivity contribution in [2.24, 2.45) is 0 Å². The Hall–Kier alpha value is -2.69. The summed E-state index contributed by atoms with van der Waals surface area (Å²) in [5.74, 6) is -0.565. The van der Waals surface area contributed by atoms with Crippen molar-refractivity contribution < 1.29 is 9.18 Å². The fourth-order valence-electron chi connectivity index (χ4n) is 3.92. The van der Waals surface area contributed by atoms with Crippen LogP contribution in [-0.2, 0) is 13.0 Å². The van der Waals surface area contributed by atoms with Gasteiger partial charge in [0.25, 0.3) is 5.91 Å². The van der Waals surface area contributed by atoms with Crippen LogP contribution in [0.3, 0.4) is 0 Å². The molecular formula is C26H26ClFN2O. The molecule has 4 rings (SSSR count). The second-order valence-corrected chi connectivity index (χ2v) is 8.42. The van der Waals surface area contributed by atoms with Crippen molar-refractivity contribution >= 4 is 17.5 Å². The van der Waals surface area contributed by atoms with E-state index in [2.05, 4.69) is 34.5 Å². The van der Waals surface area contributed by atoms with Gasteiger partial charge in [0.2, 0.25) is 0 Å². The summed E-state index contributed by atoms with van der Waals surface area (Å²) in [6.45, 7) is 4.00. The predicted molar refractivity (Wildman–Crippen MR) is 124 cm³/mol. The summed E-state index contributed by atoms with van der Waals surface area (Å²) < 4.78 is 13.7. The Morgan fingerprint density at radius 2 is 1.55 bits per heavy atom. The number of hydrogen-bond acceptors (Lipinski definition) is 2. The van der Waals surface area contributed by atoms with Gasteiger partial charge >= 0.3 is 0 Å². The zero-order valence-corrected chi connectivity index (χ0v) is 18.2. The summed E-state index contributed by atoms with van der Waals surface area (Å²) >= 11 is 5.74. The quantitative estimate of drug-likeness (QED) is 0.514. The number of nitrogens with zero attached hydrogens (tertiary/aromatic N) is 1. The lowest BCUT2D eigenvalue weighted by Crippen LogP contribution is -2.25. The summed E-state index contributed by atoms with van der Waals surface area (Å²) in [6, 6.07) is 20.5. The highest BCUT2D eigenvalue weighted by Crippen LogP contribution is 2.24. The third-order valence-corrected chi connectivity index (χ3v) is 6.03. The minimum atomic E-state index is -0.454. The molecule has 5 heteroatoms. The van der Waals surface area contributed by atoms with Crippen molar-refractivity contribution in [1.29, 1.82) is 0 Å². The molecule has 1 amide bonds. The minimum absolute atomic E-state index is 0.0981. The minimum Gasteiger partial charge on any atom is -0.352 e. The molecule has 160 valence electrons. The van der Waals surface area contributed by atoms with Crippen molar-refractivity contribution in [2.45, 2.75) is 25.8 Å². The number of nitrogens with one attached hydrogen (secondary N) is 1. The molecule has 3 aromatic rings. The van der Waals surface area contributed by atoms with E-state index < -0.39 is 5.82 Å². The first-order valence-corrected chi connectivity index (χ1v) is 11.1. The first-order valence-electron chi connectivity index (χ1n) is 10.7. The molecule has 0 saturated carbocycles. The molecule has 3 nitrogen and oxygen atoms in total. The number of amides is 1. The number of halogens is 2. The first kappa shape index (κ1) is 21.5. The van der Waals surface area contributed by atoms with Crippen LogP contribution in [0.4, 0.5) is 4.39 Å². The topological polar surface area (TPSA) is 32.3 Å². The van der Waals surface area contributed by atoms with E-state index in [-0.39, 0.29) is 10.9 Å². The molecule has 1 aliphatic heterocycles. The van der Waals surface area contributed by atoms with Crippen molar-refractivity contribution in [1.82, 2.24) is 10.2 Å². The molecule has 3 aromatic carbocycles. The van der Waals surface area contributed by atoms with Crippen molar-refractivity contribution in [3.8, 4) is 11.1 Å². The van der Waals surface area contributed by atoms with Gasteiger partial charge in [-0.05, 0) is 78.9 Å². The lowest BCUT2D eigenvalue weighted by molar-refractivity contribution is 0.0954. The van der Waals surface area contributed by atoms with Crippen LogP contribution < -0.4 is 5.32 Å². The molecule has 0 spiro atoms. The van der Waals surface area contributed by atoms with Crippen LogP contribution in [-0.4, -0.2) is 30.4 Å². The second kappa shape index (κ2) is 10.1. The van der Waals surface area contributed by atoms with E-state index in [9.17, 15) is 9.18 Å². The Morgan fingerprint density at radius 3 is 2.23 bits per heavy atom. The van der Waals surface area contributed by atoms with E-state index in [4.69, 9.17) is 11.6 Å². The van der Waals surface area contributed by atoms with E-state index >= 15 is 0 Å². The van der Waals surface area contributed by atoms with Crippen molar-refractivity contribution in [3.63, 3.8) is 0 Å². The largest absolute Gasteiger partial charge is 0.352 e. The molecule has 0 unspecified atom stereocenters. The maximum atomic E-state index is 13.7. The Bertz CT molecular complexity index is 1030. The van der Waals surface area contributed by atoms with Gasteiger partial charge in [-0.15, -0.1) is 0 Å². The molecule has 1 heterocycles. The highest BCUT2D eigenvalue weighted by atomic mass is 35.5. The highest BCUT2D eigenvalue weighted by Gasteiger charge is 2.11. The number of carbonyl (C=O) groups is 1. The van der Waals surface area contributed by atoms with Gasteiger partial charge in [0, 0.05) is 18.7 Å². The highest BCUT2D eigenvalue weighted by molar-refractivity contribution is 6.30. The van der Waals surface area contributed by atoms with E-state index in [1.54, 1.807) is 18.2 Å². The summed E-state index contributed by atoms with van der Waals surface area (Å²) in [6.07, 6.45) is 3.40. The van der Waals surface area contributed by atoms with Crippen molar-refractivity contribution in [2.75, 3.05) is 19.6 Å². The molecule has 31 heavy (non-hydrogen) atoms. The summed E-state index contributed by atoms with van der Waals surface area (Å²) in [5, 5.41) is 3.07. The zero-order valence-electron chi connectivity index (χ0n) is 17.4. The molecule has 1 fully saturated rings. The normalized spacial score (nSPS) is 14.0. The Balaban J connectivity index is 1.27. The molecular weight excluding hydrogens is 411 g/mol. The van der Waals surface area contributed by atoms with Gasteiger partial charge in [-0.2, -0.15) is 0 Å². The van der Waals surface area contributed by atoms with E-state index in [1.165, 1.54) is 49.2 Å². The average Bonchev–Trinajstić information content (AvgIpc) is 3.30. The smallest absolute Gasteiger partial charge is 0.251 e. The van der Waals surface area contributed by atoms with Crippen LogP contribution in [0, 0.1) is 5.82 Å². The summed E-state index contributed by atoms with van der Waals surface area (Å²) in [5.41, 5.74) is 4.70. The number of hydrogen-bond donors (Lipinski definition) is 1. The van der Waals surface area contributed by atoms with E-state index in [1.807, 2.05) is 12.1 Å². The maximum Gasteiger partial charge on any atom is 0.251 e. The fourth-order valence-corrected chi connectivity index (χ4v) is 4.04. The molecule has 0 bridgehead atoms. The van der Waals surface area contributed by atoms with Crippen LogP contribution in [0.25, 0.3) is 11.1 Å². The third-order valence-electron chi connectivity index (χ3n) is 5.73. The van der Waals surface area contributed by atoms with E-state index in [0.29, 0.717) is 12.1 Å². The Morgan fingerprint density at radius 1 is 0.903 bits per heavy atom. The second-order valence-electron chi connectivity index (χ2n) is 8.01. The van der Waals surface area contributed by atoms with Gasteiger partial charge in [0.05, 0.1) is 5.02 Å². The van der Waals surface area contributed by atoms with Crippen LogP contribution >= 0.6 is 11.6 Å². The maximum absolute atomic E-state index is 13.7. The number of rotatable bonds is 7. The summed E-state index contributed by atoms with van der Waals surface area (Å²) in [4.78, 5) is 14.9. The molecule has 0 atom stereocenters. The average molecular weight is 437 g/mol. The molecule has 1 N–H and O–H groups in total. The predicted octanol–water partition coefficient (Wildman–Crippen LogP) is 5.71.